The van der Waals surface area contributed by atoms with Gasteiger partial charge in [0.2, 0.25) is 5.13 Å². The van der Waals surface area contributed by atoms with Crippen LogP contribution in [0.15, 0.2) is 24.3 Å². The van der Waals surface area contributed by atoms with Crippen molar-refractivity contribution in [1.29, 1.82) is 0 Å². The fourth-order valence-electron chi connectivity index (χ4n) is 1.53. The maximum Gasteiger partial charge on any atom is 0.257 e. The van der Waals surface area contributed by atoms with Gasteiger partial charge in [-0.1, -0.05) is 17.7 Å². The third kappa shape index (κ3) is 3.84. The largest absolute Gasteiger partial charge is 0.393 e. The van der Waals surface area contributed by atoms with E-state index in [0.29, 0.717) is 22.9 Å². The van der Waals surface area contributed by atoms with Crippen molar-refractivity contribution in [1.82, 2.24) is 9.36 Å². The minimum Gasteiger partial charge on any atom is -0.393 e. The Morgan fingerprint density at radius 2 is 2.11 bits per heavy atom. The van der Waals surface area contributed by atoms with E-state index in [1.165, 1.54) is 0 Å². The van der Waals surface area contributed by atoms with Crippen LogP contribution in [-0.4, -0.2) is 26.5 Å². The molecule has 0 saturated heterocycles. The van der Waals surface area contributed by atoms with E-state index in [9.17, 15) is 9.90 Å². The van der Waals surface area contributed by atoms with E-state index in [2.05, 4.69) is 14.7 Å². The highest BCUT2D eigenvalue weighted by Crippen LogP contribution is 2.14. The van der Waals surface area contributed by atoms with E-state index >= 15 is 0 Å². The summed E-state index contributed by atoms with van der Waals surface area (Å²) in [7, 11) is 0. The van der Waals surface area contributed by atoms with Crippen molar-refractivity contribution >= 4 is 22.6 Å². The van der Waals surface area contributed by atoms with Crippen LogP contribution in [0.2, 0.25) is 0 Å². The summed E-state index contributed by atoms with van der Waals surface area (Å²) in [5, 5.41) is 12.4. The van der Waals surface area contributed by atoms with Crippen LogP contribution in [0.4, 0.5) is 5.13 Å². The Hall–Kier alpha value is -1.79. The first-order valence-electron chi connectivity index (χ1n) is 5.93. The lowest BCUT2D eigenvalue weighted by Gasteiger charge is -2.01. The van der Waals surface area contributed by atoms with Crippen LogP contribution in [-0.2, 0) is 6.42 Å². The summed E-state index contributed by atoms with van der Waals surface area (Å²) in [6.45, 7) is 3.64. The van der Waals surface area contributed by atoms with Crippen molar-refractivity contribution in [2.75, 3.05) is 5.32 Å². The lowest BCUT2D eigenvalue weighted by molar-refractivity contribution is 0.102. The number of aliphatic hydroxyl groups is 1. The quantitative estimate of drug-likeness (QED) is 0.896. The van der Waals surface area contributed by atoms with Gasteiger partial charge >= 0.3 is 0 Å². The van der Waals surface area contributed by atoms with Crippen LogP contribution in [0.5, 0.6) is 0 Å². The molecule has 19 heavy (non-hydrogen) atoms. The summed E-state index contributed by atoms with van der Waals surface area (Å²) in [4.78, 5) is 16.1. The molecular weight excluding hydrogens is 262 g/mol. The predicted molar refractivity (Wildman–Crippen MR) is 74.4 cm³/mol. The molecule has 0 aliphatic carbocycles. The fourth-order valence-corrected chi connectivity index (χ4v) is 2.12. The molecule has 1 atom stereocenters. The van der Waals surface area contributed by atoms with Gasteiger partial charge in [0.05, 0.1) is 6.10 Å². The number of anilines is 1. The maximum atomic E-state index is 11.9. The van der Waals surface area contributed by atoms with Gasteiger partial charge in [0.1, 0.15) is 5.82 Å². The zero-order chi connectivity index (χ0) is 13.8. The van der Waals surface area contributed by atoms with Crippen molar-refractivity contribution in [3.05, 3.63) is 41.2 Å². The number of carbonyl (C=O) groups excluding carboxylic acids is 1. The molecular formula is C13H15N3O2S. The SMILES string of the molecule is Cc1ccc(C(=O)Nc2nc(C[C@H](C)O)ns2)cc1. The molecule has 1 aromatic heterocycles. The molecule has 1 amide bonds. The number of nitrogens with one attached hydrogen (secondary N) is 1. The van der Waals surface area contributed by atoms with Gasteiger partial charge in [0.25, 0.3) is 5.91 Å². The number of hydrogen-bond donors (Lipinski definition) is 2. The van der Waals surface area contributed by atoms with Crippen LogP contribution in [0.1, 0.15) is 28.7 Å². The van der Waals surface area contributed by atoms with Crippen molar-refractivity contribution in [3.8, 4) is 0 Å². The summed E-state index contributed by atoms with van der Waals surface area (Å²) >= 11 is 1.11. The molecule has 1 aromatic carbocycles. The van der Waals surface area contributed by atoms with Gasteiger partial charge in [-0.2, -0.15) is 4.37 Å². The first-order chi connectivity index (χ1) is 9.04. The Labute approximate surface area is 115 Å². The Bertz CT molecular complexity index is 564. The summed E-state index contributed by atoms with van der Waals surface area (Å²) in [5.41, 5.74) is 1.68. The van der Waals surface area contributed by atoms with E-state index < -0.39 is 6.10 Å². The first-order valence-corrected chi connectivity index (χ1v) is 6.70. The van der Waals surface area contributed by atoms with Crippen molar-refractivity contribution in [2.24, 2.45) is 0 Å². The van der Waals surface area contributed by atoms with Crippen LogP contribution in [0.25, 0.3) is 0 Å². The molecule has 0 saturated carbocycles. The molecule has 100 valence electrons. The van der Waals surface area contributed by atoms with Crippen LogP contribution in [0.3, 0.4) is 0 Å². The third-order valence-electron chi connectivity index (χ3n) is 2.48. The number of aryl methyl sites for hydroxylation is 1. The molecule has 0 radical (unpaired) electrons. The number of nitrogens with zero attached hydrogens (tertiary/aromatic N) is 2. The van der Waals surface area contributed by atoms with E-state index in [1.807, 2.05) is 19.1 Å². The number of rotatable bonds is 4. The topological polar surface area (TPSA) is 75.1 Å². The second-order valence-corrected chi connectivity index (χ2v) is 5.14. The second-order valence-electron chi connectivity index (χ2n) is 4.39. The van der Waals surface area contributed by atoms with Gasteiger partial charge in [0, 0.05) is 23.5 Å². The highest BCUT2D eigenvalue weighted by atomic mass is 32.1. The van der Waals surface area contributed by atoms with E-state index in [4.69, 9.17) is 0 Å². The van der Waals surface area contributed by atoms with Gasteiger partial charge < -0.3 is 5.11 Å². The highest BCUT2D eigenvalue weighted by Gasteiger charge is 2.11. The number of carbonyl (C=O) groups is 1. The highest BCUT2D eigenvalue weighted by molar-refractivity contribution is 7.09. The average molecular weight is 277 g/mol. The second kappa shape index (κ2) is 5.90. The minimum atomic E-state index is -0.491. The third-order valence-corrected chi connectivity index (χ3v) is 3.15. The standard InChI is InChI=1S/C13H15N3O2S/c1-8-3-5-10(6-4-8)12(18)15-13-14-11(16-19-13)7-9(2)17/h3-6,9,17H,7H2,1-2H3,(H,14,15,16,18)/t9-/m0/s1. The van der Waals surface area contributed by atoms with E-state index in [0.717, 1.165) is 17.1 Å². The van der Waals surface area contributed by atoms with Crippen LogP contribution < -0.4 is 5.32 Å². The number of aliphatic hydroxyl groups excluding tert-OH is 1. The Morgan fingerprint density at radius 3 is 2.74 bits per heavy atom. The Morgan fingerprint density at radius 1 is 1.42 bits per heavy atom. The smallest absolute Gasteiger partial charge is 0.257 e. The first kappa shape index (κ1) is 13.6. The number of hydrogen-bond acceptors (Lipinski definition) is 5. The molecule has 5 nitrogen and oxygen atoms in total. The lowest BCUT2D eigenvalue weighted by atomic mass is 10.1. The lowest BCUT2D eigenvalue weighted by Crippen LogP contribution is -2.12. The van der Waals surface area contributed by atoms with Crippen molar-refractivity contribution < 1.29 is 9.90 Å². The molecule has 0 unspecified atom stereocenters. The number of amides is 1. The Kier molecular flexibility index (Phi) is 4.24. The summed E-state index contributed by atoms with van der Waals surface area (Å²) in [6.07, 6.45) is -0.105. The molecule has 0 spiro atoms. The molecule has 0 aliphatic heterocycles. The zero-order valence-corrected chi connectivity index (χ0v) is 11.6. The molecule has 0 aliphatic rings. The van der Waals surface area contributed by atoms with Gasteiger partial charge in [-0.05, 0) is 26.0 Å². The summed E-state index contributed by atoms with van der Waals surface area (Å²) in [5.74, 6) is 0.332. The fraction of sp³-hybridized carbons (Fsp3) is 0.308. The van der Waals surface area contributed by atoms with Crippen molar-refractivity contribution in [3.63, 3.8) is 0 Å². The maximum absolute atomic E-state index is 11.9. The van der Waals surface area contributed by atoms with Crippen LogP contribution >= 0.6 is 11.5 Å². The van der Waals surface area contributed by atoms with Crippen molar-refractivity contribution in [2.45, 2.75) is 26.4 Å². The molecule has 2 rings (SSSR count). The van der Waals surface area contributed by atoms with E-state index in [-0.39, 0.29) is 5.91 Å². The molecule has 2 N–H and O–H groups in total. The Balaban J connectivity index is 2.02. The average Bonchev–Trinajstić information content (AvgIpc) is 2.76. The monoisotopic (exact) mass is 277 g/mol. The summed E-state index contributed by atoms with van der Waals surface area (Å²) in [6, 6.07) is 7.30. The summed E-state index contributed by atoms with van der Waals surface area (Å²) < 4.78 is 4.07. The number of aromatic nitrogens is 2. The number of benzene rings is 1. The normalized spacial score (nSPS) is 12.2. The van der Waals surface area contributed by atoms with Gasteiger partial charge in [0.15, 0.2) is 0 Å². The van der Waals surface area contributed by atoms with E-state index in [1.54, 1.807) is 19.1 Å². The van der Waals surface area contributed by atoms with Crippen LogP contribution in [0, 0.1) is 6.92 Å². The molecule has 6 heteroatoms. The minimum absolute atomic E-state index is 0.209. The van der Waals surface area contributed by atoms with Gasteiger partial charge in [-0.15, -0.1) is 0 Å². The zero-order valence-electron chi connectivity index (χ0n) is 10.8. The molecule has 0 fully saturated rings. The predicted octanol–water partition coefficient (Wildman–Crippen LogP) is 2.02. The molecule has 0 bridgehead atoms. The molecule has 1 heterocycles. The van der Waals surface area contributed by atoms with Gasteiger partial charge in [-0.25, -0.2) is 4.98 Å². The molecule has 2 aromatic rings. The van der Waals surface area contributed by atoms with Gasteiger partial charge in [-0.3, -0.25) is 10.1 Å².